The van der Waals surface area contributed by atoms with Gasteiger partial charge in [-0.05, 0) is 24.0 Å². The minimum Gasteiger partial charge on any atom is -0.396 e. The summed E-state index contributed by atoms with van der Waals surface area (Å²) in [6.07, 6.45) is 1.83. The monoisotopic (exact) mass is 228 g/mol. The highest BCUT2D eigenvalue weighted by molar-refractivity contribution is 9.08. The summed E-state index contributed by atoms with van der Waals surface area (Å²) in [5.41, 5.74) is 2.59. The Morgan fingerprint density at radius 1 is 1.08 bits per heavy atom. The van der Waals surface area contributed by atoms with Gasteiger partial charge < -0.3 is 5.11 Å². The van der Waals surface area contributed by atoms with E-state index in [1.54, 1.807) is 0 Å². The summed E-state index contributed by atoms with van der Waals surface area (Å²) in [6.45, 7) is 0.278. The molecule has 0 amide bonds. The van der Waals surface area contributed by atoms with Crippen LogP contribution in [0.1, 0.15) is 17.5 Å². The topological polar surface area (TPSA) is 20.2 Å². The molecule has 0 aliphatic carbocycles. The van der Waals surface area contributed by atoms with Crippen LogP contribution in [0.4, 0.5) is 0 Å². The number of halogens is 1. The van der Waals surface area contributed by atoms with E-state index in [0.717, 1.165) is 18.2 Å². The zero-order valence-electron chi connectivity index (χ0n) is 6.96. The van der Waals surface area contributed by atoms with Gasteiger partial charge in [-0.2, -0.15) is 0 Å². The number of aryl methyl sites for hydroxylation is 1. The summed E-state index contributed by atoms with van der Waals surface area (Å²) in [5.74, 6) is 0. The van der Waals surface area contributed by atoms with Crippen LogP contribution >= 0.6 is 15.9 Å². The average Bonchev–Trinajstić information content (AvgIpc) is 2.15. The Kier molecular flexibility index (Phi) is 4.33. The fourth-order valence-corrected chi connectivity index (χ4v) is 1.45. The molecule has 1 rings (SSSR count). The molecular formula is C10H13BrO. The van der Waals surface area contributed by atoms with Crippen molar-refractivity contribution in [3.05, 3.63) is 35.4 Å². The van der Waals surface area contributed by atoms with Crippen molar-refractivity contribution in [3.63, 3.8) is 0 Å². The molecule has 0 atom stereocenters. The fraction of sp³-hybridized carbons (Fsp3) is 0.400. The minimum absolute atomic E-state index is 0.278. The Hall–Kier alpha value is -0.340. The third-order valence-electron chi connectivity index (χ3n) is 1.80. The highest BCUT2D eigenvalue weighted by Crippen LogP contribution is 2.09. The van der Waals surface area contributed by atoms with Crippen LogP contribution in [0.2, 0.25) is 0 Å². The maximum absolute atomic E-state index is 8.62. The second-order valence-corrected chi connectivity index (χ2v) is 3.34. The predicted molar refractivity (Wildman–Crippen MR) is 54.5 cm³/mol. The summed E-state index contributed by atoms with van der Waals surface area (Å²) in [7, 11) is 0. The lowest BCUT2D eigenvalue weighted by Gasteiger charge is -2.00. The van der Waals surface area contributed by atoms with E-state index < -0.39 is 0 Å². The number of hydrogen-bond acceptors (Lipinski definition) is 1. The first-order valence-corrected chi connectivity index (χ1v) is 5.23. The molecule has 66 valence electrons. The number of alkyl halides is 1. The quantitative estimate of drug-likeness (QED) is 0.786. The van der Waals surface area contributed by atoms with Gasteiger partial charge in [-0.3, -0.25) is 0 Å². The molecule has 2 heteroatoms. The molecule has 0 bridgehead atoms. The van der Waals surface area contributed by atoms with E-state index in [1.165, 1.54) is 11.1 Å². The highest BCUT2D eigenvalue weighted by atomic mass is 79.9. The molecule has 1 aromatic rings. The summed E-state index contributed by atoms with van der Waals surface area (Å²) >= 11 is 3.39. The summed E-state index contributed by atoms with van der Waals surface area (Å²) in [4.78, 5) is 0. The molecule has 0 heterocycles. The first-order chi connectivity index (χ1) is 5.86. The second kappa shape index (κ2) is 5.33. The van der Waals surface area contributed by atoms with Crippen LogP contribution in [0.25, 0.3) is 0 Å². The summed E-state index contributed by atoms with van der Waals surface area (Å²) in [5, 5.41) is 9.53. The molecule has 0 unspecified atom stereocenters. The molecule has 0 spiro atoms. The van der Waals surface area contributed by atoms with Crippen LogP contribution in [0.15, 0.2) is 24.3 Å². The number of aliphatic hydroxyl groups is 1. The summed E-state index contributed by atoms with van der Waals surface area (Å²) < 4.78 is 0. The van der Waals surface area contributed by atoms with E-state index >= 15 is 0 Å². The number of aliphatic hydroxyl groups excluding tert-OH is 1. The molecule has 0 radical (unpaired) electrons. The SMILES string of the molecule is OCCCc1ccc(CBr)cc1. The van der Waals surface area contributed by atoms with E-state index in [9.17, 15) is 0 Å². The lowest BCUT2D eigenvalue weighted by atomic mass is 10.1. The van der Waals surface area contributed by atoms with E-state index in [2.05, 4.69) is 40.2 Å². The van der Waals surface area contributed by atoms with Crippen molar-refractivity contribution in [1.82, 2.24) is 0 Å². The van der Waals surface area contributed by atoms with Crippen molar-refractivity contribution in [2.75, 3.05) is 6.61 Å². The van der Waals surface area contributed by atoms with Gasteiger partial charge in [0.25, 0.3) is 0 Å². The molecule has 0 aliphatic heterocycles. The number of benzene rings is 1. The van der Waals surface area contributed by atoms with Gasteiger partial charge >= 0.3 is 0 Å². The molecule has 0 aromatic heterocycles. The van der Waals surface area contributed by atoms with Gasteiger partial charge in [0.1, 0.15) is 0 Å². The zero-order chi connectivity index (χ0) is 8.81. The second-order valence-electron chi connectivity index (χ2n) is 2.78. The van der Waals surface area contributed by atoms with Crippen molar-refractivity contribution < 1.29 is 5.11 Å². The van der Waals surface area contributed by atoms with Crippen LogP contribution in [0.5, 0.6) is 0 Å². The Morgan fingerprint density at radius 3 is 2.17 bits per heavy atom. The van der Waals surface area contributed by atoms with E-state index in [-0.39, 0.29) is 6.61 Å². The van der Waals surface area contributed by atoms with Crippen LogP contribution in [0, 0.1) is 0 Å². The smallest absolute Gasteiger partial charge is 0.0434 e. The summed E-state index contributed by atoms with van der Waals surface area (Å²) in [6, 6.07) is 8.46. The Bertz CT molecular complexity index is 218. The van der Waals surface area contributed by atoms with E-state index in [0.29, 0.717) is 0 Å². The Labute approximate surface area is 81.6 Å². The molecule has 0 fully saturated rings. The van der Waals surface area contributed by atoms with Crippen molar-refractivity contribution in [1.29, 1.82) is 0 Å². The fourth-order valence-electron chi connectivity index (χ4n) is 1.08. The van der Waals surface area contributed by atoms with Crippen LogP contribution < -0.4 is 0 Å². The normalized spacial score (nSPS) is 10.2. The largest absolute Gasteiger partial charge is 0.396 e. The zero-order valence-corrected chi connectivity index (χ0v) is 8.55. The molecule has 12 heavy (non-hydrogen) atoms. The van der Waals surface area contributed by atoms with Gasteiger partial charge in [-0.15, -0.1) is 0 Å². The predicted octanol–water partition coefficient (Wildman–Crippen LogP) is 2.51. The standard InChI is InChI=1S/C10H13BrO/c11-8-10-5-3-9(4-6-10)2-1-7-12/h3-6,12H,1-2,7-8H2. The molecular weight excluding hydrogens is 216 g/mol. The van der Waals surface area contributed by atoms with Gasteiger partial charge in [-0.25, -0.2) is 0 Å². The maximum atomic E-state index is 8.62. The van der Waals surface area contributed by atoms with Gasteiger partial charge in [0, 0.05) is 11.9 Å². The van der Waals surface area contributed by atoms with E-state index in [4.69, 9.17) is 5.11 Å². The van der Waals surface area contributed by atoms with Crippen molar-refractivity contribution in [2.45, 2.75) is 18.2 Å². The third kappa shape index (κ3) is 2.95. The van der Waals surface area contributed by atoms with Crippen LogP contribution in [0.3, 0.4) is 0 Å². The minimum atomic E-state index is 0.278. The third-order valence-corrected chi connectivity index (χ3v) is 2.45. The van der Waals surface area contributed by atoms with Crippen LogP contribution in [-0.4, -0.2) is 11.7 Å². The first kappa shape index (κ1) is 9.75. The van der Waals surface area contributed by atoms with Gasteiger partial charge in [-0.1, -0.05) is 40.2 Å². The van der Waals surface area contributed by atoms with Crippen molar-refractivity contribution in [2.24, 2.45) is 0 Å². The molecule has 1 nitrogen and oxygen atoms in total. The van der Waals surface area contributed by atoms with Gasteiger partial charge in [0.15, 0.2) is 0 Å². The lowest BCUT2D eigenvalue weighted by Crippen LogP contribution is -1.89. The molecule has 0 aliphatic rings. The Balaban J connectivity index is 2.53. The molecule has 0 saturated carbocycles. The molecule has 1 N–H and O–H groups in total. The van der Waals surface area contributed by atoms with Gasteiger partial charge in [0.05, 0.1) is 0 Å². The lowest BCUT2D eigenvalue weighted by molar-refractivity contribution is 0.288. The van der Waals surface area contributed by atoms with Crippen molar-refractivity contribution in [3.8, 4) is 0 Å². The number of rotatable bonds is 4. The maximum Gasteiger partial charge on any atom is 0.0434 e. The molecule has 0 saturated heterocycles. The van der Waals surface area contributed by atoms with Crippen LogP contribution in [-0.2, 0) is 11.8 Å². The highest BCUT2D eigenvalue weighted by Gasteiger charge is 1.92. The first-order valence-electron chi connectivity index (χ1n) is 4.11. The number of hydrogen-bond donors (Lipinski definition) is 1. The van der Waals surface area contributed by atoms with E-state index in [1.807, 2.05) is 0 Å². The molecule has 1 aromatic carbocycles. The average molecular weight is 229 g/mol. The Morgan fingerprint density at radius 2 is 1.67 bits per heavy atom. The van der Waals surface area contributed by atoms with Crippen molar-refractivity contribution >= 4 is 15.9 Å². The van der Waals surface area contributed by atoms with Gasteiger partial charge in [0.2, 0.25) is 0 Å².